The van der Waals surface area contributed by atoms with E-state index in [0.29, 0.717) is 0 Å². The molecule has 1 fully saturated rings. The van der Waals surface area contributed by atoms with Gasteiger partial charge < -0.3 is 15.7 Å². The SMILES string of the molecule is CC(C)(CC(=O)O)N(C(N)=O)C1CC1. The fraction of sp³-hybridized carbons (Fsp3) is 0.778. The number of hydrogen-bond acceptors (Lipinski definition) is 2. The maximum absolute atomic E-state index is 11.2. The van der Waals surface area contributed by atoms with Crippen molar-refractivity contribution in [2.24, 2.45) is 5.73 Å². The summed E-state index contributed by atoms with van der Waals surface area (Å²) in [5.74, 6) is -0.915. The van der Waals surface area contributed by atoms with E-state index >= 15 is 0 Å². The molecule has 0 spiro atoms. The normalized spacial score (nSPS) is 16.4. The number of hydrogen-bond donors (Lipinski definition) is 2. The van der Waals surface area contributed by atoms with Crippen LogP contribution in [0.3, 0.4) is 0 Å². The van der Waals surface area contributed by atoms with E-state index in [-0.39, 0.29) is 12.5 Å². The van der Waals surface area contributed by atoms with Crippen LogP contribution in [0.1, 0.15) is 33.1 Å². The Morgan fingerprint density at radius 2 is 2.00 bits per heavy atom. The van der Waals surface area contributed by atoms with Gasteiger partial charge in [0.25, 0.3) is 0 Å². The van der Waals surface area contributed by atoms with Gasteiger partial charge in [0.05, 0.1) is 6.42 Å². The van der Waals surface area contributed by atoms with Gasteiger partial charge in [0.2, 0.25) is 0 Å². The number of carboxylic acids is 1. The summed E-state index contributed by atoms with van der Waals surface area (Å²) in [4.78, 5) is 23.3. The molecule has 0 aromatic carbocycles. The Kier molecular flexibility index (Phi) is 2.69. The zero-order valence-electron chi connectivity index (χ0n) is 8.49. The van der Waals surface area contributed by atoms with Gasteiger partial charge in [-0.25, -0.2) is 4.79 Å². The second-order valence-corrected chi connectivity index (χ2v) is 4.32. The van der Waals surface area contributed by atoms with Crippen molar-refractivity contribution in [2.75, 3.05) is 0 Å². The number of carboxylic acid groups (broad SMARTS) is 1. The molecular formula is C9H16N2O3. The van der Waals surface area contributed by atoms with Crippen LogP contribution in [0.4, 0.5) is 4.79 Å². The third-order valence-corrected chi connectivity index (χ3v) is 2.39. The summed E-state index contributed by atoms with van der Waals surface area (Å²) in [6.45, 7) is 3.45. The van der Waals surface area contributed by atoms with Crippen LogP contribution in [0.15, 0.2) is 0 Å². The summed E-state index contributed by atoms with van der Waals surface area (Å²) in [6.07, 6.45) is 1.77. The van der Waals surface area contributed by atoms with Gasteiger partial charge in [0.15, 0.2) is 0 Å². The van der Waals surface area contributed by atoms with Gasteiger partial charge in [0, 0.05) is 11.6 Å². The maximum Gasteiger partial charge on any atom is 0.315 e. The number of nitrogens with zero attached hydrogens (tertiary/aromatic N) is 1. The number of aliphatic carboxylic acids is 1. The Labute approximate surface area is 82.9 Å². The highest BCUT2D eigenvalue weighted by molar-refractivity contribution is 5.76. The van der Waals surface area contributed by atoms with Crippen molar-refractivity contribution in [3.05, 3.63) is 0 Å². The van der Waals surface area contributed by atoms with E-state index in [0.717, 1.165) is 12.8 Å². The molecule has 5 heteroatoms. The fourth-order valence-electron chi connectivity index (χ4n) is 1.76. The average molecular weight is 200 g/mol. The first-order chi connectivity index (χ1) is 6.34. The minimum Gasteiger partial charge on any atom is -0.481 e. The second-order valence-electron chi connectivity index (χ2n) is 4.32. The van der Waals surface area contributed by atoms with Crippen LogP contribution in [0, 0.1) is 0 Å². The Bertz CT molecular complexity index is 259. The highest BCUT2D eigenvalue weighted by Crippen LogP contribution is 2.34. The summed E-state index contributed by atoms with van der Waals surface area (Å²) in [7, 11) is 0. The van der Waals surface area contributed by atoms with Crippen molar-refractivity contribution < 1.29 is 14.7 Å². The minimum atomic E-state index is -0.915. The third kappa shape index (κ3) is 2.37. The van der Waals surface area contributed by atoms with Crippen LogP contribution < -0.4 is 5.73 Å². The van der Waals surface area contributed by atoms with Gasteiger partial charge in [-0.1, -0.05) is 0 Å². The molecule has 1 aliphatic carbocycles. The first-order valence-electron chi connectivity index (χ1n) is 4.65. The van der Waals surface area contributed by atoms with E-state index < -0.39 is 17.5 Å². The quantitative estimate of drug-likeness (QED) is 0.703. The molecule has 0 heterocycles. The predicted molar refractivity (Wildman–Crippen MR) is 50.8 cm³/mol. The molecule has 3 N–H and O–H groups in total. The molecule has 0 unspecified atom stereocenters. The maximum atomic E-state index is 11.2. The number of urea groups is 1. The topological polar surface area (TPSA) is 83.6 Å². The van der Waals surface area contributed by atoms with Crippen molar-refractivity contribution in [2.45, 2.75) is 44.7 Å². The number of carbonyl (C=O) groups is 2. The lowest BCUT2D eigenvalue weighted by Gasteiger charge is -2.36. The first-order valence-corrected chi connectivity index (χ1v) is 4.65. The number of nitrogens with two attached hydrogens (primary N) is 1. The zero-order valence-corrected chi connectivity index (χ0v) is 8.49. The molecule has 80 valence electrons. The van der Waals surface area contributed by atoms with Gasteiger partial charge in [-0.2, -0.15) is 0 Å². The number of rotatable bonds is 4. The van der Waals surface area contributed by atoms with E-state index in [9.17, 15) is 9.59 Å². The van der Waals surface area contributed by atoms with Crippen molar-refractivity contribution in [1.29, 1.82) is 0 Å². The molecule has 0 aliphatic heterocycles. The summed E-state index contributed by atoms with van der Waals surface area (Å²) in [6, 6.07) is -0.388. The van der Waals surface area contributed by atoms with E-state index in [1.54, 1.807) is 13.8 Å². The highest BCUT2D eigenvalue weighted by atomic mass is 16.4. The van der Waals surface area contributed by atoms with E-state index in [1.807, 2.05) is 0 Å². The van der Waals surface area contributed by atoms with Gasteiger partial charge in [-0.3, -0.25) is 4.79 Å². The highest BCUT2D eigenvalue weighted by Gasteiger charge is 2.41. The number of amides is 2. The number of carbonyl (C=O) groups excluding carboxylic acids is 1. The van der Waals surface area contributed by atoms with Crippen molar-refractivity contribution in [3.63, 3.8) is 0 Å². The smallest absolute Gasteiger partial charge is 0.315 e. The molecule has 0 atom stereocenters. The minimum absolute atomic E-state index is 0.0769. The van der Waals surface area contributed by atoms with Crippen LogP contribution in [0.5, 0.6) is 0 Å². The van der Waals surface area contributed by atoms with Gasteiger partial charge >= 0.3 is 12.0 Å². The van der Waals surface area contributed by atoms with Crippen molar-refractivity contribution in [3.8, 4) is 0 Å². The molecule has 5 nitrogen and oxygen atoms in total. The van der Waals surface area contributed by atoms with Gasteiger partial charge in [-0.05, 0) is 26.7 Å². The van der Waals surface area contributed by atoms with Gasteiger partial charge in [0.1, 0.15) is 0 Å². The number of primary amides is 1. The Morgan fingerprint density at radius 1 is 1.50 bits per heavy atom. The molecule has 1 rings (SSSR count). The van der Waals surface area contributed by atoms with Crippen LogP contribution >= 0.6 is 0 Å². The lowest BCUT2D eigenvalue weighted by Crippen LogP contribution is -2.52. The second kappa shape index (κ2) is 3.48. The molecule has 14 heavy (non-hydrogen) atoms. The molecular weight excluding hydrogens is 184 g/mol. The fourth-order valence-corrected chi connectivity index (χ4v) is 1.76. The van der Waals surface area contributed by atoms with Crippen molar-refractivity contribution in [1.82, 2.24) is 4.90 Å². The summed E-state index contributed by atoms with van der Waals surface area (Å²) < 4.78 is 0. The third-order valence-electron chi connectivity index (χ3n) is 2.39. The van der Waals surface area contributed by atoms with Crippen LogP contribution in [-0.2, 0) is 4.79 Å². The van der Waals surface area contributed by atoms with Crippen LogP contribution in [0.25, 0.3) is 0 Å². The molecule has 0 bridgehead atoms. The molecule has 1 aliphatic rings. The Balaban J connectivity index is 2.74. The predicted octanol–water partition coefficient (Wildman–Crippen LogP) is 0.783. The largest absolute Gasteiger partial charge is 0.481 e. The molecule has 2 amide bonds. The van der Waals surface area contributed by atoms with Crippen molar-refractivity contribution >= 4 is 12.0 Å². The van der Waals surface area contributed by atoms with E-state index in [2.05, 4.69) is 0 Å². The Hall–Kier alpha value is -1.26. The van der Waals surface area contributed by atoms with E-state index in [4.69, 9.17) is 10.8 Å². The van der Waals surface area contributed by atoms with Gasteiger partial charge in [-0.15, -0.1) is 0 Å². The zero-order chi connectivity index (χ0) is 10.9. The summed E-state index contributed by atoms with van der Waals surface area (Å²) >= 11 is 0. The van der Waals surface area contributed by atoms with E-state index in [1.165, 1.54) is 4.90 Å². The standard InChI is InChI=1S/C9H16N2O3/c1-9(2,5-7(12)13)11(8(10)14)6-3-4-6/h6H,3-5H2,1-2H3,(H2,10,14)(H,12,13). The molecule has 1 saturated carbocycles. The molecule has 0 aromatic rings. The Morgan fingerprint density at radius 3 is 2.29 bits per heavy atom. The molecule has 0 radical (unpaired) electrons. The lowest BCUT2D eigenvalue weighted by atomic mass is 9.98. The lowest BCUT2D eigenvalue weighted by molar-refractivity contribution is -0.139. The van der Waals surface area contributed by atoms with Crippen LogP contribution in [-0.4, -0.2) is 33.6 Å². The van der Waals surface area contributed by atoms with Crippen LogP contribution in [0.2, 0.25) is 0 Å². The molecule has 0 aromatic heterocycles. The summed E-state index contributed by atoms with van der Waals surface area (Å²) in [5.41, 5.74) is 4.54. The molecule has 0 saturated heterocycles. The monoisotopic (exact) mass is 200 g/mol. The first kappa shape index (κ1) is 10.8. The average Bonchev–Trinajstić information content (AvgIpc) is 2.65. The summed E-state index contributed by atoms with van der Waals surface area (Å²) in [5, 5.41) is 8.70.